The molecule has 6 unspecified atom stereocenters. The van der Waals surface area contributed by atoms with Gasteiger partial charge in [0.05, 0.1) is 0 Å². The molecule has 4 nitrogen and oxygen atoms in total. The second-order valence-electron chi connectivity index (χ2n) is 11.2. The first-order valence-corrected chi connectivity index (χ1v) is 11.7. The summed E-state index contributed by atoms with van der Waals surface area (Å²) in [7, 11) is 2.05. The van der Waals surface area contributed by atoms with Gasteiger partial charge in [-0.05, 0) is 91.8 Å². The predicted octanol–water partition coefficient (Wildman–Crippen LogP) is 4.37. The van der Waals surface area contributed by atoms with Crippen molar-refractivity contribution in [3.05, 3.63) is 0 Å². The van der Waals surface area contributed by atoms with Crippen LogP contribution in [0.3, 0.4) is 0 Å². The Bertz CT molecular complexity index is 649. The SMILES string of the molecule is C[C@H](CCC(N)=O)C1CCC2C3CC[C@H]4N(C)C(=O)CCC4(C)C3CCC21C. The van der Waals surface area contributed by atoms with E-state index in [1.54, 1.807) is 0 Å². The first-order chi connectivity index (χ1) is 13.2. The second kappa shape index (κ2) is 7.02. The lowest BCUT2D eigenvalue weighted by molar-refractivity contribution is -0.158. The smallest absolute Gasteiger partial charge is 0.222 e. The van der Waals surface area contributed by atoms with Crippen molar-refractivity contribution in [3.8, 4) is 0 Å². The van der Waals surface area contributed by atoms with Crippen LogP contribution < -0.4 is 5.73 Å². The van der Waals surface area contributed by atoms with E-state index in [0.29, 0.717) is 35.1 Å². The lowest BCUT2D eigenvalue weighted by atomic mass is 9.46. The summed E-state index contributed by atoms with van der Waals surface area (Å²) in [6, 6.07) is 0.450. The molecule has 1 aliphatic heterocycles. The summed E-state index contributed by atoms with van der Waals surface area (Å²) in [4.78, 5) is 25.7. The summed E-state index contributed by atoms with van der Waals surface area (Å²) in [5.41, 5.74) is 6.16. The van der Waals surface area contributed by atoms with E-state index in [4.69, 9.17) is 5.73 Å². The summed E-state index contributed by atoms with van der Waals surface area (Å²) < 4.78 is 0. The molecule has 1 heterocycles. The van der Waals surface area contributed by atoms with Crippen molar-refractivity contribution in [2.45, 2.75) is 91.0 Å². The Hall–Kier alpha value is -1.06. The fourth-order valence-corrected chi connectivity index (χ4v) is 8.70. The van der Waals surface area contributed by atoms with Crippen LogP contribution in [-0.4, -0.2) is 29.8 Å². The molecule has 4 aliphatic rings. The summed E-state index contributed by atoms with van der Waals surface area (Å²) in [5, 5.41) is 0. The fourth-order valence-electron chi connectivity index (χ4n) is 8.70. The van der Waals surface area contributed by atoms with Gasteiger partial charge in [-0.3, -0.25) is 9.59 Å². The normalized spacial score (nSPS) is 46.5. The Labute approximate surface area is 171 Å². The Morgan fingerprint density at radius 3 is 2.54 bits per heavy atom. The van der Waals surface area contributed by atoms with Gasteiger partial charge in [-0.1, -0.05) is 20.8 Å². The van der Waals surface area contributed by atoms with Crippen LogP contribution in [0.4, 0.5) is 0 Å². The summed E-state index contributed by atoms with van der Waals surface area (Å²) >= 11 is 0. The molecular formula is C24H40N2O2. The maximum absolute atomic E-state index is 12.3. The van der Waals surface area contributed by atoms with Crippen molar-refractivity contribution in [2.75, 3.05) is 7.05 Å². The third kappa shape index (κ3) is 2.92. The molecule has 2 amide bonds. The number of primary amides is 1. The van der Waals surface area contributed by atoms with E-state index in [9.17, 15) is 9.59 Å². The van der Waals surface area contributed by atoms with Gasteiger partial charge in [0.15, 0.2) is 0 Å². The van der Waals surface area contributed by atoms with Gasteiger partial charge in [-0.15, -0.1) is 0 Å². The van der Waals surface area contributed by atoms with Crippen LogP contribution in [-0.2, 0) is 9.59 Å². The number of nitrogens with zero attached hydrogens (tertiary/aromatic N) is 1. The monoisotopic (exact) mass is 388 g/mol. The third-order valence-electron chi connectivity index (χ3n) is 10.2. The average molecular weight is 389 g/mol. The molecule has 0 spiro atoms. The molecule has 28 heavy (non-hydrogen) atoms. The molecule has 8 atom stereocenters. The van der Waals surface area contributed by atoms with Crippen molar-refractivity contribution in [1.82, 2.24) is 4.90 Å². The number of fused-ring (bicyclic) bond motifs is 5. The molecule has 4 heteroatoms. The largest absolute Gasteiger partial charge is 0.370 e. The molecule has 4 fully saturated rings. The van der Waals surface area contributed by atoms with Gasteiger partial charge in [0.25, 0.3) is 0 Å². The predicted molar refractivity (Wildman–Crippen MR) is 111 cm³/mol. The summed E-state index contributed by atoms with van der Waals surface area (Å²) in [6.45, 7) is 7.42. The minimum atomic E-state index is -0.155. The minimum Gasteiger partial charge on any atom is -0.370 e. The van der Waals surface area contributed by atoms with Crippen molar-refractivity contribution in [1.29, 1.82) is 0 Å². The van der Waals surface area contributed by atoms with Crippen LogP contribution in [0.2, 0.25) is 0 Å². The lowest BCUT2D eigenvalue weighted by Gasteiger charge is -2.62. The number of hydrogen-bond donors (Lipinski definition) is 1. The number of likely N-dealkylation sites (tertiary alicyclic amines) is 1. The number of carbonyl (C=O) groups is 2. The number of piperidine rings is 1. The zero-order valence-electron chi connectivity index (χ0n) is 18.4. The van der Waals surface area contributed by atoms with Crippen molar-refractivity contribution >= 4 is 11.8 Å². The maximum Gasteiger partial charge on any atom is 0.222 e. The highest BCUT2D eigenvalue weighted by Crippen LogP contribution is 2.67. The molecule has 1 saturated heterocycles. The van der Waals surface area contributed by atoms with Gasteiger partial charge in [0.1, 0.15) is 0 Å². The maximum atomic E-state index is 12.3. The average Bonchev–Trinajstić information content (AvgIpc) is 3.00. The zero-order valence-corrected chi connectivity index (χ0v) is 18.4. The van der Waals surface area contributed by atoms with E-state index in [1.807, 2.05) is 7.05 Å². The molecule has 0 bridgehead atoms. The van der Waals surface area contributed by atoms with Crippen molar-refractivity contribution < 1.29 is 9.59 Å². The van der Waals surface area contributed by atoms with Crippen molar-refractivity contribution in [2.24, 2.45) is 46.2 Å². The van der Waals surface area contributed by atoms with Crippen LogP contribution in [0.15, 0.2) is 0 Å². The molecular weight excluding hydrogens is 348 g/mol. The molecule has 0 aromatic rings. The van der Waals surface area contributed by atoms with Crippen LogP contribution in [0.5, 0.6) is 0 Å². The summed E-state index contributed by atoms with van der Waals surface area (Å²) in [5.74, 6) is 3.95. The second-order valence-corrected chi connectivity index (χ2v) is 11.2. The van der Waals surface area contributed by atoms with E-state index in [0.717, 1.165) is 42.9 Å². The Balaban J connectivity index is 1.53. The molecule has 3 aliphatic carbocycles. The Kier molecular flexibility index (Phi) is 5.07. The lowest BCUT2D eigenvalue weighted by Crippen LogP contribution is -2.61. The van der Waals surface area contributed by atoms with Gasteiger partial charge >= 0.3 is 0 Å². The molecule has 4 rings (SSSR count). The highest BCUT2D eigenvalue weighted by Gasteiger charge is 2.61. The number of amides is 2. The standard InChI is InChI=1S/C24H40N2O2/c1-15(5-10-21(25)27)17-7-8-18-16-6-9-20-24(3,14-12-22(28)26(20)4)19(16)11-13-23(17,18)2/h15-20H,5-14H2,1-4H3,(H2,25,27)/t15-,16?,17?,18?,19?,20-,23?,24?/m1/s1. The first kappa shape index (κ1) is 20.2. The van der Waals surface area contributed by atoms with Crippen LogP contribution in [0.1, 0.15) is 85.0 Å². The molecule has 0 radical (unpaired) electrons. The zero-order chi connectivity index (χ0) is 20.3. The number of rotatable bonds is 4. The Morgan fingerprint density at radius 2 is 1.82 bits per heavy atom. The topological polar surface area (TPSA) is 63.4 Å². The van der Waals surface area contributed by atoms with E-state index in [2.05, 4.69) is 25.7 Å². The number of carbonyl (C=O) groups excluding carboxylic acids is 2. The van der Waals surface area contributed by atoms with E-state index < -0.39 is 0 Å². The molecule has 2 N–H and O–H groups in total. The fraction of sp³-hybridized carbons (Fsp3) is 0.917. The first-order valence-electron chi connectivity index (χ1n) is 11.7. The molecule has 3 saturated carbocycles. The Morgan fingerprint density at radius 1 is 1.11 bits per heavy atom. The summed E-state index contributed by atoms with van der Waals surface area (Å²) in [6.07, 6.45) is 11.1. The van der Waals surface area contributed by atoms with Gasteiger partial charge < -0.3 is 10.6 Å². The van der Waals surface area contributed by atoms with E-state index in [1.165, 1.54) is 38.5 Å². The van der Waals surface area contributed by atoms with E-state index >= 15 is 0 Å². The van der Waals surface area contributed by atoms with Crippen molar-refractivity contribution in [3.63, 3.8) is 0 Å². The third-order valence-corrected chi connectivity index (χ3v) is 10.2. The van der Waals surface area contributed by atoms with Crippen LogP contribution >= 0.6 is 0 Å². The van der Waals surface area contributed by atoms with E-state index in [-0.39, 0.29) is 5.91 Å². The van der Waals surface area contributed by atoms with Gasteiger partial charge in [0.2, 0.25) is 11.8 Å². The minimum absolute atomic E-state index is 0.155. The molecule has 158 valence electrons. The highest BCUT2D eigenvalue weighted by molar-refractivity contribution is 5.77. The molecule has 0 aromatic heterocycles. The highest BCUT2D eigenvalue weighted by atomic mass is 16.2. The number of nitrogens with two attached hydrogens (primary N) is 1. The van der Waals surface area contributed by atoms with Gasteiger partial charge in [-0.2, -0.15) is 0 Å². The molecule has 0 aromatic carbocycles. The van der Waals surface area contributed by atoms with Gasteiger partial charge in [-0.25, -0.2) is 0 Å². The van der Waals surface area contributed by atoms with Crippen LogP contribution in [0.25, 0.3) is 0 Å². The number of hydrogen-bond acceptors (Lipinski definition) is 2. The quantitative estimate of drug-likeness (QED) is 0.777. The van der Waals surface area contributed by atoms with Gasteiger partial charge in [0, 0.05) is 25.9 Å². The van der Waals surface area contributed by atoms with Crippen LogP contribution in [0, 0.1) is 40.4 Å².